The molecule has 2 aromatic rings. The predicted octanol–water partition coefficient (Wildman–Crippen LogP) is 2.27. The van der Waals surface area contributed by atoms with E-state index >= 15 is 0 Å². The first-order valence-electron chi connectivity index (χ1n) is 6.53. The average molecular weight is 323 g/mol. The van der Waals surface area contributed by atoms with Gasteiger partial charge in [-0.2, -0.15) is 0 Å². The van der Waals surface area contributed by atoms with E-state index in [2.05, 4.69) is 16.1 Å². The number of carbonyl (C=O) groups is 1. The monoisotopic (exact) mass is 322 g/mol. The van der Waals surface area contributed by atoms with Gasteiger partial charge in [0.2, 0.25) is 12.3 Å². The highest BCUT2D eigenvalue weighted by molar-refractivity contribution is 6.29. The van der Waals surface area contributed by atoms with Gasteiger partial charge in [0.1, 0.15) is 11.8 Å². The third-order valence-corrected chi connectivity index (χ3v) is 2.95. The molecule has 118 valence electrons. The van der Waals surface area contributed by atoms with Gasteiger partial charge < -0.3 is 10.1 Å². The van der Waals surface area contributed by atoms with E-state index < -0.39 is 0 Å². The Morgan fingerprint density at radius 3 is 2.64 bits per heavy atom. The second-order valence-corrected chi connectivity index (χ2v) is 4.62. The number of ether oxygens (including phenoxy) is 1. The fourth-order valence-electron chi connectivity index (χ4n) is 1.67. The van der Waals surface area contributed by atoms with Crippen LogP contribution in [0.4, 0.5) is 5.69 Å². The largest absolute Gasteiger partial charge is 0.472 e. The van der Waals surface area contributed by atoms with Gasteiger partial charge in [-0.1, -0.05) is 35.9 Å². The molecule has 0 unspecified atom stereocenters. The van der Waals surface area contributed by atoms with Crippen molar-refractivity contribution in [3.8, 4) is 5.88 Å². The van der Waals surface area contributed by atoms with E-state index in [1.807, 2.05) is 44.3 Å². The summed E-state index contributed by atoms with van der Waals surface area (Å²) in [4.78, 5) is 13.1. The van der Waals surface area contributed by atoms with E-state index in [9.17, 15) is 0 Å². The zero-order valence-electron chi connectivity index (χ0n) is 12.5. The molecule has 2 rings (SSSR count). The van der Waals surface area contributed by atoms with Gasteiger partial charge in [0.25, 0.3) is 0 Å². The Bertz CT molecular complexity index is 608. The van der Waals surface area contributed by atoms with Gasteiger partial charge in [-0.15, -0.1) is 0 Å². The van der Waals surface area contributed by atoms with Crippen LogP contribution in [0.2, 0.25) is 5.15 Å². The first-order chi connectivity index (χ1) is 10.6. The highest BCUT2D eigenvalue weighted by atomic mass is 35.5. The van der Waals surface area contributed by atoms with Crippen molar-refractivity contribution in [1.82, 2.24) is 10.4 Å². The van der Waals surface area contributed by atoms with Crippen molar-refractivity contribution < 1.29 is 9.53 Å². The Balaban J connectivity index is 0.000000541. The Morgan fingerprint density at radius 1 is 1.32 bits per heavy atom. The minimum atomic E-state index is 0.403. The van der Waals surface area contributed by atoms with Crippen LogP contribution in [0.5, 0.6) is 5.88 Å². The highest BCUT2D eigenvalue weighted by Crippen LogP contribution is 2.21. The molecule has 1 heterocycles. The van der Waals surface area contributed by atoms with Crippen molar-refractivity contribution in [3.63, 3.8) is 0 Å². The molecule has 1 aromatic heterocycles. The molecule has 0 saturated heterocycles. The van der Waals surface area contributed by atoms with Crippen LogP contribution in [0, 0.1) is 6.92 Å². The minimum absolute atomic E-state index is 0.403. The number of nitrogens with zero attached hydrogens (tertiary/aromatic N) is 1. The second-order valence-electron chi connectivity index (χ2n) is 4.24. The van der Waals surface area contributed by atoms with Gasteiger partial charge in [0.15, 0.2) is 0 Å². The van der Waals surface area contributed by atoms with Crippen molar-refractivity contribution in [3.05, 3.63) is 52.7 Å². The van der Waals surface area contributed by atoms with Gasteiger partial charge >= 0.3 is 0 Å². The molecular weight excluding hydrogens is 304 g/mol. The number of para-hydroxylation sites is 1. The molecule has 0 aliphatic heterocycles. The third kappa shape index (κ3) is 5.59. The van der Waals surface area contributed by atoms with Crippen molar-refractivity contribution in [2.24, 2.45) is 5.84 Å². The number of nitrogens with two attached hydrogens (primary N) is 1. The van der Waals surface area contributed by atoms with Crippen LogP contribution < -0.4 is 21.3 Å². The number of aromatic nitrogens is 1. The van der Waals surface area contributed by atoms with Crippen molar-refractivity contribution in [2.45, 2.75) is 13.5 Å². The van der Waals surface area contributed by atoms with Crippen LogP contribution in [0.25, 0.3) is 0 Å². The zero-order valence-corrected chi connectivity index (χ0v) is 13.2. The molecule has 7 heteroatoms. The lowest BCUT2D eigenvalue weighted by Gasteiger charge is -2.11. The summed E-state index contributed by atoms with van der Waals surface area (Å²) in [7, 11) is 1.89. The number of hydrazine groups is 1. The van der Waals surface area contributed by atoms with Crippen molar-refractivity contribution in [1.29, 1.82) is 0 Å². The predicted molar refractivity (Wildman–Crippen MR) is 87.7 cm³/mol. The normalized spacial score (nSPS) is 9.27. The number of hydrogen-bond donors (Lipinski definition) is 3. The van der Waals surface area contributed by atoms with Crippen LogP contribution in [-0.4, -0.2) is 18.4 Å². The Hall–Kier alpha value is -2.31. The number of halogens is 1. The number of rotatable bonds is 5. The number of aryl methyl sites for hydroxylation is 1. The molecule has 0 radical (unpaired) electrons. The molecule has 4 N–H and O–H groups in total. The number of benzene rings is 1. The molecule has 0 fully saturated rings. The average Bonchev–Trinajstić information content (AvgIpc) is 2.56. The second kappa shape index (κ2) is 9.59. The Labute approximate surface area is 134 Å². The summed E-state index contributed by atoms with van der Waals surface area (Å²) in [5.41, 5.74) is 4.86. The molecule has 0 aliphatic rings. The topological polar surface area (TPSA) is 89.3 Å². The lowest BCUT2D eigenvalue weighted by molar-refractivity contribution is -0.109. The number of pyridine rings is 1. The molecule has 22 heavy (non-hydrogen) atoms. The van der Waals surface area contributed by atoms with E-state index in [0.717, 1.165) is 16.8 Å². The van der Waals surface area contributed by atoms with Gasteiger partial charge in [-0.05, 0) is 19.1 Å². The van der Waals surface area contributed by atoms with E-state index in [-0.39, 0.29) is 0 Å². The van der Waals surface area contributed by atoms with Crippen LogP contribution in [-0.2, 0) is 11.4 Å². The number of hydrogen-bond acceptors (Lipinski definition) is 5. The zero-order chi connectivity index (χ0) is 16.4. The van der Waals surface area contributed by atoms with E-state index in [1.54, 1.807) is 11.5 Å². The van der Waals surface area contributed by atoms with Gasteiger partial charge in [0.05, 0.1) is 0 Å². The van der Waals surface area contributed by atoms with E-state index in [4.69, 9.17) is 21.1 Å². The molecule has 1 aromatic carbocycles. The number of anilines is 1. The fraction of sp³-hybridized carbons (Fsp3) is 0.200. The highest BCUT2D eigenvalue weighted by Gasteiger charge is 2.05. The smallest absolute Gasteiger partial charge is 0.221 e. The third-order valence-electron chi connectivity index (χ3n) is 2.74. The van der Waals surface area contributed by atoms with Crippen LogP contribution in [0.15, 0.2) is 36.4 Å². The van der Waals surface area contributed by atoms with E-state index in [0.29, 0.717) is 24.1 Å². The molecule has 1 amide bonds. The lowest BCUT2D eigenvalue weighted by Crippen LogP contribution is -2.18. The first-order valence-corrected chi connectivity index (χ1v) is 6.91. The molecule has 0 spiro atoms. The number of carbonyl (C=O) groups excluding carboxylic acids is 1. The first kappa shape index (κ1) is 17.7. The minimum Gasteiger partial charge on any atom is -0.472 e. The maximum Gasteiger partial charge on any atom is 0.221 e. The van der Waals surface area contributed by atoms with Crippen LogP contribution in [0.1, 0.15) is 11.1 Å². The quantitative estimate of drug-likeness (QED) is 0.258. The summed E-state index contributed by atoms with van der Waals surface area (Å²) in [6, 6.07) is 11.7. The number of nitrogens with one attached hydrogen (secondary N) is 2. The molecule has 0 aliphatic carbocycles. The molecule has 6 nitrogen and oxygen atoms in total. The van der Waals surface area contributed by atoms with Gasteiger partial charge in [0, 0.05) is 23.9 Å². The SMILES string of the molecule is CNc1ccccc1COc1nc(Cl)ccc1C.NNC=O. The lowest BCUT2D eigenvalue weighted by atomic mass is 10.2. The summed E-state index contributed by atoms with van der Waals surface area (Å²) in [5, 5.41) is 3.57. The molecule has 0 bridgehead atoms. The summed E-state index contributed by atoms with van der Waals surface area (Å²) >= 11 is 5.85. The van der Waals surface area contributed by atoms with Crippen LogP contribution in [0.3, 0.4) is 0 Å². The summed E-state index contributed by atoms with van der Waals surface area (Å²) in [6.07, 6.45) is 0.403. The van der Waals surface area contributed by atoms with Gasteiger partial charge in [-0.25, -0.2) is 10.8 Å². The maximum atomic E-state index is 8.94. The van der Waals surface area contributed by atoms with Gasteiger partial charge in [-0.3, -0.25) is 10.2 Å². The van der Waals surface area contributed by atoms with Crippen molar-refractivity contribution >= 4 is 23.7 Å². The summed E-state index contributed by atoms with van der Waals surface area (Å²) in [6.45, 7) is 2.41. The Kier molecular flexibility index (Phi) is 7.74. The standard InChI is InChI=1S/C14H15ClN2O.CH4N2O/c1-10-7-8-13(15)17-14(10)18-9-11-5-3-4-6-12(11)16-2;2-3-1-4/h3-8,16H,9H2,1-2H3;1H,2H2,(H,3,4). The van der Waals surface area contributed by atoms with Crippen molar-refractivity contribution in [2.75, 3.05) is 12.4 Å². The summed E-state index contributed by atoms with van der Waals surface area (Å²) in [5.74, 6) is 4.99. The van der Waals surface area contributed by atoms with E-state index in [1.165, 1.54) is 0 Å². The maximum absolute atomic E-state index is 8.94. The fourth-order valence-corrected chi connectivity index (χ4v) is 1.81. The Morgan fingerprint density at radius 2 is 2.00 bits per heavy atom. The summed E-state index contributed by atoms with van der Waals surface area (Å²) < 4.78 is 5.71. The van der Waals surface area contributed by atoms with Crippen LogP contribution >= 0.6 is 11.6 Å². The molecule has 0 atom stereocenters. The number of amides is 1. The molecular formula is C15H19ClN4O2. The molecule has 0 saturated carbocycles.